The first-order valence-corrected chi connectivity index (χ1v) is 6.77. The summed E-state index contributed by atoms with van der Waals surface area (Å²) in [4.78, 5) is 2.17. The lowest BCUT2D eigenvalue weighted by molar-refractivity contribution is -0.258. The van der Waals surface area contributed by atoms with Gasteiger partial charge in [-0.05, 0) is 23.8 Å². The van der Waals surface area contributed by atoms with E-state index < -0.39 is 0 Å². The molecule has 2 aromatic rings. The Hall–Kier alpha value is -1.18. The average Bonchev–Trinajstić information content (AvgIpc) is 2.41. The molecule has 0 aliphatic heterocycles. The molecule has 0 bridgehead atoms. The highest BCUT2D eigenvalue weighted by molar-refractivity contribution is 7.99. The number of benzene rings is 2. The van der Waals surface area contributed by atoms with E-state index in [1.54, 1.807) is 23.9 Å². The molecule has 0 amide bonds. The van der Waals surface area contributed by atoms with Crippen molar-refractivity contribution < 1.29 is 18.1 Å². The second-order valence-corrected chi connectivity index (χ2v) is 5.13. The minimum absolute atomic E-state index is 0. The molecule has 5 heteroatoms. The minimum atomic E-state index is 0. The van der Waals surface area contributed by atoms with Gasteiger partial charge >= 0.3 is 0 Å². The smallest absolute Gasteiger partial charge is 0.143 e. The van der Waals surface area contributed by atoms with Gasteiger partial charge in [-0.25, -0.2) is 0 Å². The van der Waals surface area contributed by atoms with E-state index in [1.807, 2.05) is 30.3 Å². The van der Waals surface area contributed by atoms with Crippen LogP contribution in [0.25, 0.3) is 0 Å². The normalized spacial score (nSPS) is 9.53. The molecule has 0 aromatic heterocycles. The molecule has 0 aliphatic rings. The van der Waals surface area contributed by atoms with Crippen molar-refractivity contribution in [1.29, 1.82) is 5.26 Å². The van der Waals surface area contributed by atoms with E-state index in [4.69, 9.17) is 16.9 Å². The fraction of sp³-hybridized carbons (Fsp3) is 0.0714. The molecule has 0 radical (unpaired) electrons. The van der Waals surface area contributed by atoms with E-state index in [0.29, 0.717) is 11.4 Å². The van der Waals surface area contributed by atoms with Crippen LogP contribution in [-0.4, -0.2) is 0 Å². The minimum Gasteiger partial charge on any atom is -1.00 e. The highest BCUT2D eigenvalue weighted by atomic mass is 35.5. The quantitative estimate of drug-likeness (QED) is 0.831. The first kappa shape index (κ1) is 15.9. The summed E-state index contributed by atoms with van der Waals surface area (Å²) in [6, 6.07) is 15.7. The lowest BCUT2D eigenvalue weighted by Gasteiger charge is -2.07. The summed E-state index contributed by atoms with van der Waals surface area (Å²) in [6.07, 6.45) is 0. The maximum atomic E-state index is 8.82. The molecule has 0 spiro atoms. The summed E-state index contributed by atoms with van der Waals surface area (Å²) < 4.78 is 0. The number of hydrogen-bond acceptors (Lipinski definition) is 2. The number of quaternary nitrogens is 1. The Labute approximate surface area is 128 Å². The molecule has 2 rings (SSSR count). The van der Waals surface area contributed by atoms with Gasteiger partial charge in [0.15, 0.2) is 0 Å². The molecule has 19 heavy (non-hydrogen) atoms. The highest BCUT2D eigenvalue weighted by Gasteiger charge is 2.08. The van der Waals surface area contributed by atoms with Crippen LogP contribution in [-0.2, 0) is 5.88 Å². The van der Waals surface area contributed by atoms with Gasteiger partial charge in [0, 0.05) is 16.8 Å². The van der Waals surface area contributed by atoms with Gasteiger partial charge in [0.2, 0.25) is 0 Å². The van der Waals surface area contributed by atoms with E-state index in [1.165, 1.54) is 0 Å². The van der Waals surface area contributed by atoms with Crippen LogP contribution in [0.1, 0.15) is 11.1 Å². The monoisotopic (exact) mass is 310 g/mol. The number of rotatable bonds is 3. The van der Waals surface area contributed by atoms with Crippen molar-refractivity contribution >= 4 is 29.1 Å². The summed E-state index contributed by atoms with van der Waals surface area (Å²) in [5, 5.41) is 8.82. The maximum absolute atomic E-state index is 8.82. The fourth-order valence-electron chi connectivity index (χ4n) is 1.58. The third-order valence-corrected chi connectivity index (χ3v) is 4.05. The zero-order valence-corrected chi connectivity index (χ0v) is 12.4. The number of nitriles is 1. The van der Waals surface area contributed by atoms with Crippen molar-refractivity contribution in [2.45, 2.75) is 15.7 Å². The van der Waals surface area contributed by atoms with Crippen molar-refractivity contribution in [1.82, 2.24) is 0 Å². The van der Waals surface area contributed by atoms with Crippen LogP contribution in [0.5, 0.6) is 0 Å². The first-order chi connectivity index (χ1) is 8.74. The average molecular weight is 311 g/mol. The maximum Gasteiger partial charge on any atom is 0.143 e. The van der Waals surface area contributed by atoms with Gasteiger partial charge in [-0.2, -0.15) is 5.26 Å². The van der Waals surface area contributed by atoms with Gasteiger partial charge in [0.05, 0.1) is 16.5 Å². The van der Waals surface area contributed by atoms with Crippen LogP contribution in [0, 0.1) is 11.3 Å². The SMILES string of the molecule is N#Cc1ccc(Sc2ccccc2CCl)c([NH3+])c1.[Cl-]. The molecule has 0 atom stereocenters. The number of hydrogen-bond donors (Lipinski definition) is 1. The van der Waals surface area contributed by atoms with Gasteiger partial charge in [-0.1, -0.05) is 30.0 Å². The lowest BCUT2D eigenvalue weighted by atomic mass is 10.2. The summed E-state index contributed by atoms with van der Waals surface area (Å²) >= 11 is 7.54. The van der Waals surface area contributed by atoms with Crippen molar-refractivity contribution in [2.24, 2.45) is 0 Å². The highest BCUT2D eigenvalue weighted by Crippen LogP contribution is 2.34. The Balaban J connectivity index is 0.00000180. The largest absolute Gasteiger partial charge is 1.00 e. The molecule has 0 saturated heterocycles. The molecular weight excluding hydrogens is 299 g/mol. The molecule has 0 saturated carbocycles. The van der Waals surface area contributed by atoms with Crippen molar-refractivity contribution in [3.8, 4) is 6.07 Å². The Morgan fingerprint density at radius 3 is 2.53 bits per heavy atom. The Kier molecular flexibility index (Phi) is 6.20. The van der Waals surface area contributed by atoms with E-state index in [-0.39, 0.29) is 12.4 Å². The standard InChI is InChI=1S/C14H11ClN2S.ClH/c15-8-11-3-1-2-4-13(11)18-14-6-5-10(9-16)7-12(14)17;/h1-7H,8,17H2;1H. The molecule has 0 unspecified atom stereocenters. The Bertz CT molecular complexity index is 609. The lowest BCUT2D eigenvalue weighted by Crippen LogP contribution is -3.00. The second-order valence-electron chi connectivity index (χ2n) is 3.78. The molecule has 3 N–H and O–H groups in total. The second kappa shape index (κ2) is 7.42. The van der Waals surface area contributed by atoms with Gasteiger partial charge in [-0.15, -0.1) is 11.6 Å². The number of alkyl halides is 1. The van der Waals surface area contributed by atoms with E-state index in [9.17, 15) is 0 Å². The van der Waals surface area contributed by atoms with Crippen LogP contribution in [0.2, 0.25) is 0 Å². The molecular formula is C14H12Cl2N2S. The van der Waals surface area contributed by atoms with Crippen LogP contribution in [0.4, 0.5) is 5.69 Å². The van der Waals surface area contributed by atoms with E-state index >= 15 is 0 Å². The first-order valence-electron chi connectivity index (χ1n) is 5.42. The molecule has 0 fully saturated rings. The predicted molar refractivity (Wildman–Crippen MR) is 73.8 cm³/mol. The van der Waals surface area contributed by atoms with Gasteiger partial charge in [0.25, 0.3) is 0 Å². The van der Waals surface area contributed by atoms with Gasteiger partial charge < -0.3 is 18.1 Å². The van der Waals surface area contributed by atoms with Crippen LogP contribution in [0.15, 0.2) is 52.3 Å². The molecule has 0 heterocycles. The van der Waals surface area contributed by atoms with Gasteiger partial charge in [0.1, 0.15) is 5.69 Å². The Morgan fingerprint density at radius 2 is 1.89 bits per heavy atom. The zero-order valence-electron chi connectivity index (χ0n) is 10.1. The van der Waals surface area contributed by atoms with Gasteiger partial charge in [-0.3, -0.25) is 0 Å². The topological polar surface area (TPSA) is 51.4 Å². The van der Waals surface area contributed by atoms with Crippen molar-refractivity contribution in [3.05, 3.63) is 53.6 Å². The number of halogens is 2. The zero-order chi connectivity index (χ0) is 13.0. The summed E-state index contributed by atoms with van der Waals surface area (Å²) in [7, 11) is 0. The molecule has 2 nitrogen and oxygen atoms in total. The Morgan fingerprint density at radius 1 is 1.16 bits per heavy atom. The number of nitrogens with zero attached hydrogens (tertiary/aromatic N) is 1. The fourth-order valence-corrected chi connectivity index (χ4v) is 2.87. The van der Waals surface area contributed by atoms with Crippen LogP contribution in [0.3, 0.4) is 0 Å². The molecule has 0 aliphatic carbocycles. The molecule has 98 valence electrons. The summed E-state index contributed by atoms with van der Waals surface area (Å²) in [6.45, 7) is 0. The van der Waals surface area contributed by atoms with E-state index in [0.717, 1.165) is 21.0 Å². The van der Waals surface area contributed by atoms with Crippen LogP contribution >= 0.6 is 23.4 Å². The summed E-state index contributed by atoms with van der Waals surface area (Å²) in [5.41, 5.74) is 6.58. The van der Waals surface area contributed by atoms with Crippen molar-refractivity contribution in [2.75, 3.05) is 0 Å². The van der Waals surface area contributed by atoms with Crippen molar-refractivity contribution in [3.63, 3.8) is 0 Å². The summed E-state index contributed by atoms with van der Waals surface area (Å²) in [5.74, 6) is 0.492. The van der Waals surface area contributed by atoms with E-state index in [2.05, 4.69) is 11.8 Å². The third-order valence-electron chi connectivity index (χ3n) is 2.53. The van der Waals surface area contributed by atoms with Crippen LogP contribution < -0.4 is 18.1 Å². The molecule has 2 aromatic carbocycles. The predicted octanol–water partition coefficient (Wildman–Crippen LogP) is 0.326. The third kappa shape index (κ3) is 3.89.